The quantitative estimate of drug-likeness (QED) is 0.910. The SMILES string of the molecule is COc1c(Cl)cc(Cl)cc1CN[C@H]1CCN(C(C)=O)C[C@H]1C. The van der Waals surface area contributed by atoms with Gasteiger partial charge in [0.05, 0.1) is 12.1 Å². The lowest BCUT2D eigenvalue weighted by Gasteiger charge is -2.37. The number of nitrogens with one attached hydrogen (secondary N) is 1. The van der Waals surface area contributed by atoms with E-state index < -0.39 is 0 Å². The van der Waals surface area contributed by atoms with E-state index in [0.29, 0.717) is 34.3 Å². The van der Waals surface area contributed by atoms with Crippen LogP contribution in [0.5, 0.6) is 5.75 Å². The number of hydrogen-bond donors (Lipinski definition) is 1. The van der Waals surface area contributed by atoms with Crippen molar-refractivity contribution in [2.75, 3.05) is 20.2 Å². The van der Waals surface area contributed by atoms with Crippen LogP contribution >= 0.6 is 23.2 Å². The van der Waals surface area contributed by atoms with Crippen LogP contribution in [0, 0.1) is 5.92 Å². The zero-order valence-electron chi connectivity index (χ0n) is 13.2. The van der Waals surface area contributed by atoms with E-state index in [-0.39, 0.29) is 5.91 Å². The maximum Gasteiger partial charge on any atom is 0.219 e. The third-order valence-corrected chi connectivity index (χ3v) is 4.69. The third kappa shape index (κ3) is 4.06. The van der Waals surface area contributed by atoms with Gasteiger partial charge < -0.3 is 15.0 Å². The second-order valence-corrected chi connectivity index (χ2v) is 6.64. The van der Waals surface area contributed by atoms with Crippen LogP contribution in [0.1, 0.15) is 25.8 Å². The van der Waals surface area contributed by atoms with E-state index in [2.05, 4.69) is 12.2 Å². The molecule has 0 saturated carbocycles. The van der Waals surface area contributed by atoms with Gasteiger partial charge in [0.1, 0.15) is 5.75 Å². The van der Waals surface area contributed by atoms with Crippen LogP contribution in [0.4, 0.5) is 0 Å². The Morgan fingerprint density at radius 1 is 1.45 bits per heavy atom. The van der Waals surface area contributed by atoms with Crippen LogP contribution in [-0.2, 0) is 11.3 Å². The molecule has 0 unspecified atom stereocenters. The average Bonchev–Trinajstić information content (AvgIpc) is 2.45. The van der Waals surface area contributed by atoms with E-state index in [9.17, 15) is 4.79 Å². The van der Waals surface area contributed by atoms with Crippen molar-refractivity contribution in [2.24, 2.45) is 5.92 Å². The minimum Gasteiger partial charge on any atom is -0.495 e. The van der Waals surface area contributed by atoms with Crippen molar-refractivity contribution in [2.45, 2.75) is 32.9 Å². The van der Waals surface area contributed by atoms with E-state index in [4.69, 9.17) is 27.9 Å². The average molecular weight is 345 g/mol. The number of halogens is 2. The summed E-state index contributed by atoms with van der Waals surface area (Å²) in [6, 6.07) is 3.91. The molecule has 1 heterocycles. The predicted molar refractivity (Wildman–Crippen MR) is 89.7 cm³/mol. The van der Waals surface area contributed by atoms with Crippen LogP contribution in [0.25, 0.3) is 0 Å². The maximum absolute atomic E-state index is 11.4. The number of ether oxygens (including phenoxy) is 1. The van der Waals surface area contributed by atoms with Gasteiger partial charge in [0, 0.05) is 43.2 Å². The lowest BCUT2D eigenvalue weighted by molar-refractivity contribution is -0.130. The summed E-state index contributed by atoms with van der Waals surface area (Å²) in [5, 5.41) is 4.66. The molecule has 1 N–H and O–H groups in total. The van der Waals surface area contributed by atoms with Gasteiger partial charge in [-0.25, -0.2) is 0 Å². The zero-order chi connectivity index (χ0) is 16.3. The topological polar surface area (TPSA) is 41.6 Å². The fourth-order valence-corrected chi connectivity index (χ4v) is 3.56. The number of amides is 1. The van der Waals surface area contributed by atoms with E-state index in [1.807, 2.05) is 11.0 Å². The van der Waals surface area contributed by atoms with Crippen molar-refractivity contribution in [3.8, 4) is 5.75 Å². The Hall–Kier alpha value is -0.970. The molecule has 1 aliphatic rings. The second kappa shape index (κ2) is 7.53. The third-order valence-electron chi connectivity index (χ3n) is 4.19. The van der Waals surface area contributed by atoms with Gasteiger partial charge in [0.25, 0.3) is 0 Å². The number of methoxy groups -OCH3 is 1. The van der Waals surface area contributed by atoms with E-state index in [1.54, 1.807) is 20.1 Å². The van der Waals surface area contributed by atoms with Crippen LogP contribution in [-0.4, -0.2) is 37.0 Å². The Labute approximate surface area is 141 Å². The van der Waals surface area contributed by atoms with Gasteiger partial charge in [-0.1, -0.05) is 30.1 Å². The number of carbonyl (C=O) groups excluding carboxylic acids is 1. The summed E-state index contributed by atoms with van der Waals surface area (Å²) in [5.74, 6) is 1.21. The molecule has 1 aliphatic heterocycles. The lowest BCUT2D eigenvalue weighted by Crippen LogP contribution is -2.49. The van der Waals surface area contributed by atoms with Crippen molar-refractivity contribution in [3.05, 3.63) is 27.7 Å². The summed E-state index contributed by atoms with van der Waals surface area (Å²) in [5.41, 5.74) is 0.946. The molecule has 1 saturated heterocycles. The standard InChI is InChI=1S/C16H22Cl2N2O2/c1-10-9-20(11(2)21)5-4-15(10)19-8-12-6-13(17)7-14(18)16(12)22-3/h6-7,10,15,19H,4-5,8-9H2,1-3H3/t10-,15+/m1/s1. The molecule has 2 rings (SSSR count). The smallest absolute Gasteiger partial charge is 0.219 e. The molecule has 0 spiro atoms. The second-order valence-electron chi connectivity index (χ2n) is 5.80. The highest BCUT2D eigenvalue weighted by molar-refractivity contribution is 6.35. The van der Waals surface area contributed by atoms with Crippen LogP contribution < -0.4 is 10.1 Å². The van der Waals surface area contributed by atoms with Crippen molar-refractivity contribution in [1.29, 1.82) is 0 Å². The minimum atomic E-state index is 0.147. The molecule has 0 aliphatic carbocycles. The van der Waals surface area contributed by atoms with Gasteiger partial charge in [0.2, 0.25) is 5.91 Å². The lowest BCUT2D eigenvalue weighted by atomic mass is 9.93. The molecule has 122 valence electrons. The molecule has 0 radical (unpaired) electrons. The Balaban J connectivity index is 2.00. The molecule has 22 heavy (non-hydrogen) atoms. The van der Waals surface area contributed by atoms with E-state index in [0.717, 1.165) is 25.1 Å². The van der Waals surface area contributed by atoms with Crippen molar-refractivity contribution in [3.63, 3.8) is 0 Å². The number of piperidine rings is 1. The molecular weight excluding hydrogens is 323 g/mol. The molecule has 6 heteroatoms. The summed E-state index contributed by atoms with van der Waals surface area (Å²) in [4.78, 5) is 13.4. The highest BCUT2D eigenvalue weighted by Crippen LogP contribution is 2.32. The molecule has 1 aromatic carbocycles. The van der Waals surface area contributed by atoms with Gasteiger partial charge >= 0.3 is 0 Å². The monoisotopic (exact) mass is 344 g/mol. The Morgan fingerprint density at radius 2 is 2.18 bits per heavy atom. The Kier molecular flexibility index (Phi) is 5.95. The molecule has 2 atom stereocenters. The van der Waals surface area contributed by atoms with Crippen LogP contribution in [0.2, 0.25) is 10.0 Å². The summed E-state index contributed by atoms with van der Waals surface area (Å²) in [6.07, 6.45) is 0.942. The first-order valence-electron chi connectivity index (χ1n) is 7.43. The first kappa shape index (κ1) is 17.4. The predicted octanol–water partition coefficient (Wildman–Crippen LogP) is 3.35. The number of nitrogens with zero attached hydrogens (tertiary/aromatic N) is 1. The number of likely N-dealkylation sites (tertiary alicyclic amines) is 1. The van der Waals surface area contributed by atoms with Gasteiger partial charge in [-0.2, -0.15) is 0 Å². The zero-order valence-corrected chi connectivity index (χ0v) is 14.7. The number of rotatable bonds is 4. The van der Waals surface area contributed by atoms with Crippen molar-refractivity contribution < 1.29 is 9.53 Å². The molecular formula is C16H22Cl2N2O2. The maximum atomic E-state index is 11.4. The van der Waals surface area contributed by atoms with Gasteiger partial charge in [0.15, 0.2) is 0 Å². The summed E-state index contributed by atoms with van der Waals surface area (Å²) in [7, 11) is 1.60. The minimum absolute atomic E-state index is 0.147. The van der Waals surface area contributed by atoms with Crippen molar-refractivity contribution >= 4 is 29.1 Å². The first-order chi connectivity index (χ1) is 10.4. The molecule has 1 amide bonds. The highest BCUT2D eigenvalue weighted by Gasteiger charge is 2.27. The number of carbonyl (C=O) groups is 1. The van der Waals surface area contributed by atoms with Gasteiger partial charge in [-0.15, -0.1) is 0 Å². The van der Waals surface area contributed by atoms with E-state index in [1.165, 1.54) is 0 Å². The first-order valence-corrected chi connectivity index (χ1v) is 8.18. The summed E-state index contributed by atoms with van der Waals surface area (Å²) < 4.78 is 5.36. The summed E-state index contributed by atoms with van der Waals surface area (Å²) >= 11 is 12.2. The van der Waals surface area contributed by atoms with Crippen LogP contribution in [0.15, 0.2) is 12.1 Å². The Bertz CT molecular complexity index is 551. The number of hydrogen-bond acceptors (Lipinski definition) is 3. The number of benzene rings is 1. The van der Waals surface area contributed by atoms with Gasteiger partial charge in [-0.3, -0.25) is 4.79 Å². The van der Waals surface area contributed by atoms with Gasteiger partial charge in [-0.05, 0) is 24.5 Å². The Morgan fingerprint density at radius 3 is 2.77 bits per heavy atom. The largest absolute Gasteiger partial charge is 0.495 e. The van der Waals surface area contributed by atoms with Crippen molar-refractivity contribution in [1.82, 2.24) is 10.2 Å². The molecule has 1 fully saturated rings. The van der Waals surface area contributed by atoms with Crippen LogP contribution in [0.3, 0.4) is 0 Å². The summed E-state index contributed by atoms with van der Waals surface area (Å²) in [6.45, 7) is 6.01. The highest BCUT2D eigenvalue weighted by atomic mass is 35.5. The fraction of sp³-hybridized carbons (Fsp3) is 0.562. The molecule has 0 bridgehead atoms. The van der Waals surface area contributed by atoms with E-state index >= 15 is 0 Å². The normalized spacial score (nSPS) is 21.8. The molecule has 1 aromatic rings. The fourth-order valence-electron chi connectivity index (χ4n) is 2.95. The molecule has 4 nitrogen and oxygen atoms in total. The molecule has 0 aromatic heterocycles.